The summed E-state index contributed by atoms with van der Waals surface area (Å²) in [6.45, 7) is 9.37. The molecule has 1 heterocycles. The molecule has 0 aliphatic carbocycles. The minimum atomic E-state index is 0.214. The smallest absolute Gasteiger partial charge is 0.126 e. The van der Waals surface area contributed by atoms with Gasteiger partial charge in [0, 0.05) is 11.1 Å². The first kappa shape index (κ1) is 16.3. The average Bonchev–Trinajstić information content (AvgIpc) is 2.84. The highest BCUT2D eigenvalue weighted by Crippen LogP contribution is 2.37. The first-order valence-electron chi connectivity index (χ1n) is 7.16. The fraction of sp³-hybridized carbons (Fsp3) is 0.278. The molecule has 0 aliphatic heterocycles. The molecule has 2 rings (SSSR count). The fourth-order valence-corrected chi connectivity index (χ4v) is 3.25. The molecule has 116 valence electrons. The van der Waals surface area contributed by atoms with Crippen LogP contribution in [-0.2, 0) is 0 Å². The van der Waals surface area contributed by atoms with Gasteiger partial charge in [0.05, 0.1) is 10.6 Å². The Hall–Kier alpha value is -2.07. The molecule has 22 heavy (non-hydrogen) atoms. The summed E-state index contributed by atoms with van der Waals surface area (Å²) in [5.41, 5.74) is 3.73. The lowest BCUT2D eigenvalue weighted by Gasteiger charge is -2.13. The second-order valence-corrected chi connectivity index (χ2v) is 6.38. The zero-order valence-corrected chi connectivity index (χ0v) is 14.4. The number of aromatic nitrogens is 1. The highest BCUT2D eigenvalue weighted by atomic mass is 32.1. The molecule has 0 aliphatic rings. The third-order valence-corrected chi connectivity index (χ3v) is 4.93. The van der Waals surface area contributed by atoms with Gasteiger partial charge in [-0.1, -0.05) is 6.08 Å². The molecule has 0 amide bonds. The van der Waals surface area contributed by atoms with Gasteiger partial charge in [0.15, 0.2) is 0 Å². The Bertz CT molecular complexity index is 741. The molecular formula is C18H21NO2S. The van der Waals surface area contributed by atoms with Crippen molar-refractivity contribution in [2.45, 2.75) is 34.6 Å². The van der Waals surface area contributed by atoms with Gasteiger partial charge in [0.25, 0.3) is 0 Å². The first-order chi connectivity index (χ1) is 10.4. The van der Waals surface area contributed by atoms with E-state index in [2.05, 4.69) is 4.98 Å². The van der Waals surface area contributed by atoms with Crippen LogP contribution in [0.25, 0.3) is 18.2 Å². The lowest BCUT2D eigenvalue weighted by atomic mass is 9.97. The summed E-state index contributed by atoms with van der Waals surface area (Å²) < 4.78 is 0. The second-order valence-electron chi connectivity index (χ2n) is 5.32. The van der Waals surface area contributed by atoms with E-state index in [-0.39, 0.29) is 11.5 Å². The number of rotatable bonds is 3. The number of aromatic hydroxyl groups is 2. The number of hydrogen-bond donors (Lipinski definition) is 2. The van der Waals surface area contributed by atoms with Crippen LogP contribution >= 0.6 is 11.3 Å². The molecule has 0 spiro atoms. The molecular weight excluding hydrogens is 294 g/mol. The van der Waals surface area contributed by atoms with E-state index in [9.17, 15) is 10.2 Å². The van der Waals surface area contributed by atoms with Crippen molar-refractivity contribution < 1.29 is 10.2 Å². The van der Waals surface area contributed by atoms with Crippen LogP contribution in [0, 0.1) is 27.7 Å². The van der Waals surface area contributed by atoms with E-state index in [4.69, 9.17) is 0 Å². The Labute approximate surface area is 135 Å². The topological polar surface area (TPSA) is 53.4 Å². The minimum Gasteiger partial charge on any atom is -0.507 e. The van der Waals surface area contributed by atoms with E-state index >= 15 is 0 Å². The van der Waals surface area contributed by atoms with Crippen LogP contribution in [0.4, 0.5) is 0 Å². The van der Waals surface area contributed by atoms with Crippen molar-refractivity contribution in [3.8, 4) is 11.5 Å². The normalized spacial score (nSPS) is 11.9. The van der Waals surface area contributed by atoms with Crippen LogP contribution in [0.2, 0.25) is 0 Å². The summed E-state index contributed by atoms with van der Waals surface area (Å²) in [6, 6.07) is 0. The summed E-state index contributed by atoms with van der Waals surface area (Å²) in [5.74, 6) is 0.450. The number of aryl methyl sites for hydroxylation is 1. The van der Waals surface area contributed by atoms with Gasteiger partial charge in [-0.05, 0) is 64.0 Å². The maximum absolute atomic E-state index is 10.3. The van der Waals surface area contributed by atoms with Crippen LogP contribution in [0.5, 0.6) is 11.5 Å². The van der Waals surface area contributed by atoms with Crippen LogP contribution < -0.4 is 0 Å². The maximum Gasteiger partial charge on any atom is 0.126 e. The van der Waals surface area contributed by atoms with Gasteiger partial charge >= 0.3 is 0 Å². The molecule has 4 heteroatoms. The largest absolute Gasteiger partial charge is 0.507 e. The Morgan fingerprint density at radius 2 is 1.50 bits per heavy atom. The zero-order chi connectivity index (χ0) is 16.4. The summed E-state index contributed by atoms with van der Waals surface area (Å²) in [7, 11) is 0. The van der Waals surface area contributed by atoms with Crippen molar-refractivity contribution in [3.63, 3.8) is 0 Å². The van der Waals surface area contributed by atoms with Gasteiger partial charge in [-0.2, -0.15) is 0 Å². The number of nitrogens with zero attached hydrogens (tertiary/aromatic N) is 1. The average molecular weight is 315 g/mol. The van der Waals surface area contributed by atoms with Crippen molar-refractivity contribution in [1.82, 2.24) is 4.98 Å². The van der Waals surface area contributed by atoms with Gasteiger partial charge in [0.1, 0.15) is 16.5 Å². The lowest BCUT2D eigenvalue weighted by molar-refractivity contribution is 0.448. The molecule has 2 aromatic rings. The summed E-state index contributed by atoms with van der Waals surface area (Å²) in [6.07, 6.45) is 7.72. The van der Waals surface area contributed by atoms with E-state index in [1.807, 2.05) is 38.2 Å². The quantitative estimate of drug-likeness (QED) is 0.784. The summed E-state index contributed by atoms with van der Waals surface area (Å²) in [5, 5.41) is 21.3. The molecule has 0 atom stereocenters. The third kappa shape index (κ3) is 2.92. The van der Waals surface area contributed by atoms with Crippen LogP contribution in [-0.4, -0.2) is 15.2 Å². The van der Waals surface area contributed by atoms with E-state index in [1.165, 1.54) is 0 Å². The summed E-state index contributed by atoms with van der Waals surface area (Å²) >= 11 is 1.60. The predicted molar refractivity (Wildman–Crippen MR) is 94.5 cm³/mol. The molecule has 1 aromatic carbocycles. The number of hydrogen-bond acceptors (Lipinski definition) is 4. The number of allylic oxidation sites excluding steroid dienone is 1. The van der Waals surface area contributed by atoms with Gasteiger partial charge < -0.3 is 10.2 Å². The monoisotopic (exact) mass is 315 g/mol. The van der Waals surface area contributed by atoms with Gasteiger partial charge in [-0.25, -0.2) is 4.98 Å². The van der Waals surface area contributed by atoms with Crippen molar-refractivity contribution in [2.75, 3.05) is 0 Å². The van der Waals surface area contributed by atoms with Crippen LogP contribution in [0.15, 0.2) is 6.08 Å². The summed E-state index contributed by atoms with van der Waals surface area (Å²) in [4.78, 5) is 5.63. The molecule has 0 radical (unpaired) electrons. The standard InChI is InChI=1S/C18H21NO2S/c1-6-7-15-13(5)19-16(22-15)9-8-14-12(4)17(20)10(2)11(3)18(14)21/h6-9,20-21H,1-5H3/b7-6?,9-8+. The van der Waals surface area contributed by atoms with Gasteiger partial charge in [0.2, 0.25) is 0 Å². The lowest BCUT2D eigenvalue weighted by Crippen LogP contribution is -1.91. The Kier molecular flexibility index (Phi) is 4.71. The molecule has 0 saturated heterocycles. The van der Waals surface area contributed by atoms with E-state index in [0.29, 0.717) is 22.3 Å². The number of phenolic OH excluding ortho intramolecular Hbond substituents is 2. The van der Waals surface area contributed by atoms with Crippen molar-refractivity contribution in [2.24, 2.45) is 0 Å². The third-order valence-electron chi connectivity index (χ3n) is 3.85. The first-order valence-corrected chi connectivity index (χ1v) is 7.98. The number of benzene rings is 1. The van der Waals surface area contributed by atoms with Crippen molar-refractivity contribution >= 4 is 29.6 Å². The fourth-order valence-electron chi connectivity index (χ4n) is 2.31. The molecule has 1 aromatic heterocycles. The molecule has 2 N–H and O–H groups in total. The number of thiazole rings is 1. The van der Waals surface area contributed by atoms with E-state index in [1.54, 1.807) is 32.1 Å². The molecule has 0 saturated carbocycles. The van der Waals surface area contributed by atoms with Gasteiger partial charge in [-0.3, -0.25) is 0 Å². The highest BCUT2D eigenvalue weighted by Gasteiger charge is 2.14. The van der Waals surface area contributed by atoms with E-state index in [0.717, 1.165) is 15.6 Å². The van der Waals surface area contributed by atoms with Gasteiger partial charge in [-0.15, -0.1) is 11.3 Å². The SMILES string of the molecule is CC=Cc1sc(/C=C/c2c(C)c(O)c(C)c(C)c2O)nc1C. The molecule has 3 nitrogen and oxygen atoms in total. The number of phenols is 2. The highest BCUT2D eigenvalue weighted by molar-refractivity contribution is 7.13. The molecule has 0 fully saturated rings. The van der Waals surface area contributed by atoms with Crippen molar-refractivity contribution in [3.05, 3.63) is 43.9 Å². The van der Waals surface area contributed by atoms with Crippen LogP contribution in [0.1, 0.15) is 44.8 Å². The maximum atomic E-state index is 10.3. The zero-order valence-electron chi connectivity index (χ0n) is 13.6. The minimum absolute atomic E-state index is 0.214. The second kappa shape index (κ2) is 6.36. The predicted octanol–water partition coefficient (Wildman–Crippen LogP) is 4.99. The van der Waals surface area contributed by atoms with Crippen molar-refractivity contribution in [1.29, 1.82) is 0 Å². The Balaban J connectivity index is 2.45. The Morgan fingerprint density at radius 1 is 0.864 bits per heavy atom. The Morgan fingerprint density at radius 3 is 2.14 bits per heavy atom. The van der Waals surface area contributed by atoms with Crippen LogP contribution in [0.3, 0.4) is 0 Å². The van der Waals surface area contributed by atoms with E-state index < -0.39 is 0 Å². The molecule has 0 bridgehead atoms. The molecule has 0 unspecified atom stereocenters.